The van der Waals surface area contributed by atoms with E-state index in [2.05, 4.69) is 20.8 Å². The van der Waals surface area contributed by atoms with Crippen molar-refractivity contribution in [1.29, 1.82) is 0 Å². The lowest BCUT2D eigenvalue weighted by Crippen LogP contribution is -2.34. The Hall–Kier alpha value is -3.49. The van der Waals surface area contributed by atoms with Gasteiger partial charge in [-0.25, -0.2) is 0 Å². The number of ether oxygens (including phenoxy) is 1. The highest BCUT2D eigenvalue weighted by molar-refractivity contribution is 7.80. The van der Waals surface area contributed by atoms with Crippen molar-refractivity contribution in [3.63, 3.8) is 0 Å². The Bertz CT molecular complexity index is 1220. The number of methoxy groups -OCH3 is 1. The van der Waals surface area contributed by atoms with Crippen molar-refractivity contribution in [2.24, 2.45) is 0 Å². The Labute approximate surface area is 182 Å². The van der Waals surface area contributed by atoms with Gasteiger partial charge in [-0.1, -0.05) is 11.6 Å². The molecule has 4 aromatic rings. The van der Waals surface area contributed by atoms with Gasteiger partial charge >= 0.3 is 0 Å². The van der Waals surface area contributed by atoms with Crippen molar-refractivity contribution < 1.29 is 9.53 Å². The monoisotopic (exact) mass is 437 g/mol. The van der Waals surface area contributed by atoms with E-state index in [4.69, 9.17) is 28.6 Å². The van der Waals surface area contributed by atoms with Crippen molar-refractivity contribution in [2.45, 2.75) is 0 Å². The van der Waals surface area contributed by atoms with E-state index < -0.39 is 0 Å². The van der Waals surface area contributed by atoms with Gasteiger partial charge in [0.2, 0.25) is 0 Å². The van der Waals surface area contributed by atoms with Crippen molar-refractivity contribution in [2.75, 3.05) is 12.4 Å². The van der Waals surface area contributed by atoms with Gasteiger partial charge in [-0.05, 0) is 78.9 Å². The second-order valence-electron chi connectivity index (χ2n) is 6.31. The summed E-state index contributed by atoms with van der Waals surface area (Å²) in [5.74, 6) is 0.358. The average Bonchev–Trinajstić information content (AvgIpc) is 3.17. The number of hydrogen-bond donors (Lipinski definition) is 2. The van der Waals surface area contributed by atoms with Crippen molar-refractivity contribution in [3.05, 3.63) is 77.3 Å². The highest BCUT2D eigenvalue weighted by Gasteiger charge is 2.10. The maximum atomic E-state index is 12.3. The van der Waals surface area contributed by atoms with Crippen LogP contribution >= 0.6 is 23.8 Å². The van der Waals surface area contributed by atoms with E-state index in [1.54, 1.807) is 49.6 Å². The first-order chi connectivity index (χ1) is 14.5. The highest BCUT2D eigenvalue weighted by Crippen LogP contribution is 2.19. The topological polar surface area (TPSA) is 81.1 Å². The molecule has 4 rings (SSSR count). The molecule has 9 heteroatoms. The zero-order valence-electron chi connectivity index (χ0n) is 15.8. The fraction of sp³-hybridized carbons (Fsp3) is 0.0476. The van der Waals surface area contributed by atoms with Crippen LogP contribution in [0.3, 0.4) is 0 Å². The van der Waals surface area contributed by atoms with E-state index in [-0.39, 0.29) is 11.0 Å². The Balaban J connectivity index is 1.45. The molecule has 0 aliphatic carbocycles. The third kappa shape index (κ3) is 4.40. The largest absolute Gasteiger partial charge is 0.497 e. The number of nitrogens with zero attached hydrogens (tertiary/aromatic N) is 3. The molecule has 0 bridgehead atoms. The van der Waals surface area contributed by atoms with Crippen molar-refractivity contribution in [1.82, 2.24) is 20.3 Å². The fourth-order valence-electron chi connectivity index (χ4n) is 2.76. The van der Waals surface area contributed by atoms with E-state index in [9.17, 15) is 4.79 Å². The number of thiocarbonyl (C=S) groups is 1. The normalized spacial score (nSPS) is 10.6. The predicted octanol–water partition coefficient (Wildman–Crippen LogP) is 4.21. The van der Waals surface area contributed by atoms with Gasteiger partial charge in [0.05, 0.1) is 12.8 Å². The number of aromatic nitrogens is 3. The second kappa shape index (κ2) is 8.48. The number of fused-ring (bicyclic) bond motifs is 1. The zero-order chi connectivity index (χ0) is 21.1. The molecule has 0 aliphatic rings. The predicted molar refractivity (Wildman–Crippen MR) is 121 cm³/mol. The maximum Gasteiger partial charge on any atom is 0.257 e. The van der Waals surface area contributed by atoms with Gasteiger partial charge in [0, 0.05) is 16.3 Å². The lowest BCUT2D eigenvalue weighted by molar-refractivity contribution is 0.0977. The molecule has 1 aromatic heterocycles. The molecule has 1 amide bonds. The first-order valence-corrected chi connectivity index (χ1v) is 9.70. The molecule has 0 fully saturated rings. The van der Waals surface area contributed by atoms with Gasteiger partial charge in [0.15, 0.2) is 5.11 Å². The molecule has 0 aliphatic heterocycles. The molecule has 0 radical (unpaired) electrons. The maximum absolute atomic E-state index is 12.3. The number of benzene rings is 3. The minimum Gasteiger partial charge on any atom is -0.497 e. The summed E-state index contributed by atoms with van der Waals surface area (Å²) in [5, 5.41) is 15.4. The van der Waals surface area contributed by atoms with E-state index in [1.807, 2.05) is 24.3 Å². The Morgan fingerprint density at radius 3 is 2.40 bits per heavy atom. The average molecular weight is 438 g/mol. The summed E-state index contributed by atoms with van der Waals surface area (Å²) in [5.41, 5.74) is 3.36. The van der Waals surface area contributed by atoms with Crippen LogP contribution in [0.25, 0.3) is 16.7 Å². The Kier molecular flexibility index (Phi) is 5.60. The fourth-order valence-corrected chi connectivity index (χ4v) is 3.10. The molecule has 0 spiro atoms. The van der Waals surface area contributed by atoms with Crippen LogP contribution in [0.1, 0.15) is 10.4 Å². The Morgan fingerprint density at radius 2 is 1.70 bits per heavy atom. The molecular formula is C21H16ClN5O2S. The summed E-state index contributed by atoms with van der Waals surface area (Å²) in [4.78, 5) is 13.9. The van der Waals surface area contributed by atoms with Crippen molar-refractivity contribution in [3.8, 4) is 11.4 Å². The quantitative estimate of drug-likeness (QED) is 0.465. The number of anilines is 1. The molecule has 0 saturated carbocycles. The minimum atomic E-state index is -0.315. The molecule has 0 atom stereocenters. The number of hydrogen-bond acceptors (Lipinski definition) is 5. The van der Waals surface area contributed by atoms with E-state index in [1.165, 1.54) is 4.80 Å². The zero-order valence-corrected chi connectivity index (χ0v) is 17.4. The van der Waals surface area contributed by atoms with E-state index in [0.717, 1.165) is 11.2 Å². The number of nitrogens with one attached hydrogen (secondary N) is 2. The van der Waals surface area contributed by atoms with Gasteiger partial charge in [-0.2, -0.15) is 4.80 Å². The first-order valence-electron chi connectivity index (χ1n) is 8.91. The number of rotatable bonds is 4. The SMILES string of the molecule is COc1ccc(C(=O)NC(=S)Nc2ccc3nn(-c4ccc(Cl)cc4)nc3c2)cc1. The van der Waals surface area contributed by atoms with E-state index in [0.29, 0.717) is 27.5 Å². The lowest BCUT2D eigenvalue weighted by Gasteiger charge is -2.09. The summed E-state index contributed by atoms with van der Waals surface area (Å²) < 4.78 is 5.09. The van der Waals surface area contributed by atoms with Crippen LogP contribution in [-0.4, -0.2) is 33.1 Å². The third-order valence-corrected chi connectivity index (χ3v) is 4.73. The standard InChI is InChI=1S/C21H16ClN5O2S/c1-29-17-9-2-13(3-10-17)20(28)24-21(30)23-15-6-11-18-19(12-15)26-27(25-18)16-7-4-14(22)5-8-16/h2-12H,1H3,(H2,23,24,28,30). The highest BCUT2D eigenvalue weighted by atomic mass is 35.5. The summed E-state index contributed by atoms with van der Waals surface area (Å²) in [6, 6.07) is 19.4. The van der Waals surface area contributed by atoms with Gasteiger partial charge in [0.25, 0.3) is 5.91 Å². The summed E-state index contributed by atoms with van der Waals surface area (Å²) in [6.45, 7) is 0. The number of carbonyl (C=O) groups excluding carboxylic acids is 1. The molecule has 0 saturated heterocycles. The van der Waals surface area contributed by atoms with Crippen LogP contribution in [0.4, 0.5) is 5.69 Å². The molecule has 150 valence electrons. The van der Waals surface area contributed by atoms with Crippen LogP contribution in [0.2, 0.25) is 5.02 Å². The molecule has 30 heavy (non-hydrogen) atoms. The smallest absolute Gasteiger partial charge is 0.257 e. The van der Waals surface area contributed by atoms with Crippen LogP contribution in [0.15, 0.2) is 66.7 Å². The van der Waals surface area contributed by atoms with Crippen LogP contribution in [0, 0.1) is 0 Å². The Morgan fingerprint density at radius 1 is 1.00 bits per heavy atom. The van der Waals surface area contributed by atoms with Crippen molar-refractivity contribution >= 4 is 51.6 Å². The summed E-state index contributed by atoms with van der Waals surface area (Å²) in [7, 11) is 1.57. The van der Waals surface area contributed by atoms with Crippen LogP contribution in [-0.2, 0) is 0 Å². The van der Waals surface area contributed by atoms with Gasteiger partial charge < -0.3 is 10.1 Å². The summed E-state index contributed by atoms with van der Waals surface area (Å²) >= 11 is 11.2. The minimum absolute atomic E-state index is 0.181. The van der Waals surface area contributed by atoms with E-state index >= 15 is 0 Å². The molecule has 1 heterocycles. The molecule has 2 N–H and O–H groups in total. The molecule has 0 unspecified atom stereocenters. The summed E-state index contributed by atoms with van der Waals surface area (Å²) in [6.07, 6.45) is 0. The van der Waals surface area contributed by atoms with Gasteiger partial charge in [-0.3, -0.25) is 10.1 Å². The lowest BCUT2D eigenvalue weighted by atomic mass is 10.2. The van der Waals surface area contributed by atoms with Gasteiger partial charge in [0.1, 0.15) is 16.8 Å². The number of amides is 1. The molecule has 3 aromatic carbocycles. The molecular weight excluding hydrogens is 422 g/mol. The van der Waals surface area contributed by atoms with Crippen LogP contribution < -0.4 is 15.4 Å². The van der Waals surface area contributed by atoms with Gasteiger partial charge in [-0.15, -0.1) is 10.2 Å². The number of carbonyl (C=O) groups is 1. The van der Waals surface area contributed by atoms with Crippen LogP contribution in [0.5, 0.6) is 5.75 Å². The third-order valence-electron chi connectivity index (χ3n) is 4.28. The second-order valence-corrected chi connectivity index (χ2v) is 7.15. The first kappa shape index (κ1) is 19.8. The number of halogens is 1. The molecule has 7 nitrogen and oxygen atoms in total.